The molecule has 0 radical (unpaired) electrons. The number of carbonyl (C=O) groups excluding carboxylic acids is 1. The molecule has 2 heterocycles. The van der Waals surface area contributed by atoms with Gasteiger partial charge in [-0.2, -0.15) is 0 Å². The maximum absolute atomic E-state index is 11.8. The highest BCUT2D eigenvalue weighted by atomic mass is 32.1. The largest absolute Gasteiger partial charge is 0.301 e. The molecule has 6 heteroatoms. The number of aromatic nitrogens is 2. The molecule has 0 aliphatic rings. The van der Waals surface area contributed by atoms with Crippen LogP contribution in [0.2, 0.25) is 0 Å². The lowest BCUT2D eigenvalue weighted by Crippen LogP contribution is -2.11. The zero-order valence-electron chi connectivity index (χ0n) is 11.0. The minimum Gasteiger partial charge on any atom is -0.301 e. The van der Waals surface area contributed by atoms with Crippen molar-refractivity contribution in [2.45, 2.75) is 39.0 Å². The van der Waals surface area contributed by atoms with Gasteiger partial charge in [-0.15, -0.1) is 21.5 Å². The van der Waals surface area contributed by atoms with Crippen LogP contribution >= 0.6 is 22.7 Å². The Balaban J connectivity index is 1.74. The molecule has 0 aliphatic carbocycles. The second-order valence-electron chi connectivity index (χ2n) is 4.58. The van der Waals surface area contributed by atoms with Crippen LogP contribution in [0, 0.1) is 0 Å². The molecule has 4 nitrogen and oxygen atoms in total. The van der Waals surface area contributed by atoms with E-state index in [0.29, 0.717) is 17.5 Å². The summed E-state index contributed by atoms with van der Waals surface area (Å²) in [6.07, 6.45) is 2.34. The number of hydrogen-bond donors (Lipinski definition) is 1. The van der Waals surface area contributed by atoms with Gasteiger partial charge in [-0.25, -0.2) is 0 Å². The summed E-state index contributed by atoms with van der Waals surface area (Å²) >= 11 is 3.18. The molecule has 102 valence electrons. The zero-order chi connectivity index (χ0) is 13.7. The van der Waals surface area contributed by atoms with E-state index in [1.54, 1.807) is 11.3 Å². The first-order chi connectivity index (χ1) is 9.15. The molecule has 0 saturated carbocycles. The third-order valence-corrected chi connectivity index (χ3v) is 4.66. The number of rotatable bonds is 6. The lowest BCUT2D eigenvalue weighted by atomic mass is 10.2. The predicted octanol–water partition coefficient (Wildman–Crippen LogP) is 3.68. The van der Waals surface area contributed by atoms with Crippen molar-refractivity contribution in [1.82, 2.24) is 10.2 Å². The average molecular weight is 295 g/mol. The van der Waals surface area contributed by atoms with Crippen molar-refractivity contribution in [2.24, 2.45) is 0 Å². The van der Waals surface area contributed by atoms with Crippen LogP contribution in [-0.2, 0) is 11.2 Å². The average Bonchev–Trinajstić information content (AvgIpc) is 3.00. The summed E-state index contributed by atoms with van der Waals surface area (Å²) in [7, 11) is 0. The van der Waals surface area contributed by atoms with Gasteiger partial charge in [-0.05, 0) is 24.3 Å². The van der Waals surface area contributed by atoms with Crippen LogP contribution in [-0.4, -0.2) is 16.1 Å². The van der Waals surface area contributed by atoms with E-state index < -0.39 is 0 Å². The summed E-state index contributed by atoms with van der Waals surface area (Å²) in [6, 6.07) is 4.14. The number of thiophene rings is 1. The smallest absolute Gasteiger partial charge is 0.226 e. The van der Waals surface area contributed by atoms with Crippen molar-refractivity contribution in [2.75, 3.05) is 5.32 Å². The molecule has 0 atom stereocenters. The Hall–Kier alpha value is -1.27. The minimum absolute atomic E-state index is 0.0167. The van der Waals surface area contributed by atoms with E-state index in [9.17, 15) is 4.79 Å². The topological polar surface area (TPSA) is 54.9 Å². The molecule has 2 rings (SSSR count). The third-order valence-electron chi connectivity index (χ3n) is 2.59. The highest BCUT2D eigenvalue weighted by Gasteiger charge is 2.10. The maximum atomic E-state index is 11.8. The molecule has 0 spiro atoms. The monoisotopic (exact) mass is 295 g/mol. The molecule has 0 unspecified atom stereocenters. The molecular weight excluding hydrogens is 278 g/mol. The molecule has 2 aromatic rings. The van der Waals surface area contributed by atoms with Crippen LogP contribution in [0.15, 0.2) is 17.5 Å². The first-order valence-electron chi connectivity index (χ1n) is 6.31. The number of hydrogen-bond acceptors (Lipinski definition) is 5. The van der Waals surface area contributed by atoms with Crippen LogP contribution in [0.5, 0.6) is 0 Å². The van der Waals surface area contributed by atoms with Gasteiger partial charge in [0.05, 0.1) is 0 Å². The Morgan fingerprint density at radius 2 is 2.26 bits per heavy atom. The number of carbonyl (C=O) groups is 1. The Morgan fingerprint density at radius 1 is 1.42 bits per heavy atom. The van der Waals surface area contributed by atoms with Gasteiger partial charge in [0.15, 0.2) is 0 Å². The van der Waals surface area contributed by atoms with E-state index in [2.05, 4.69) is 40.8 Å². The minimum atomic E-state index is 0.0167. The fraction of sp³-hybridized carbons (Fsp3) is 0.462. The van der Waals surface area contributed by atoms with Crippen LogP contribution in [0.25, 0.3) is 0 Å². The van der Waals surface area contributed by atoms with E-state index in [-0.39, 0.29) is 5.91 Å². The molecule has 0 saturated heterocycles. The van der Waals surface area contributed by atoms with Crippen molar-refractivity contribution in [3.8, 4) is 0 Å². The predicted molar refractivity (Wildman–Crippen MR) is 79.9 cm³/mol. The number of aryl methyl sites for hydroxylation is 1. The van der Waals surface area contributed by atoms with Gasteiger partial charge in [0, 0.05) is 17.2 Å². The van der Waals surface area contributed by atoms with Gasteiger partial charge in [-0.3, -0.25) is 4.79 Å². The van der Waals surface area contributed by atoms with Gasteiger partial charge in [-0.1, -0.05) is 31.3 Å². The number of amides is 1. The first kappa shape index (κ1) is 14.1. The number of nitrogens with zero attached hydrogens (tertiary/aromatic N) is 2. The van der Waals surface area contributed by atoms with Crippen molar-refractivity contribution < 1.29 is 4.79 Å². The molecule has 0 fully saturated rings. The fourth-order valence-electron chi connectivity index (χ4n) is 1.58. The quantitative estimate of drug-likeness (QED) is 0.884. The lowest BCUT2D eigenvalue weighted by Gasteiger charge is -2.00. The Kier molecular flexibility index (Phi) is 5.04. The van der Waals surface area contributed by atoms with E-state index in [1.165, 1.54) is 16.2 Å². The molecular formula is C13H17N3OS2. The van der Waals surface area contributed by atoms with Gasteiger partial charge < -0.3 is 5.32 Å². The number of anilines is 1. The van der Waals surface area contributed by atoms with Crippen LogP contribution in [0.1, 0.15) is 42.5 Å². The number of nitrogens with one attached hydrogen (secondary N) is 1. The molecule has 2 aromatic heterocycles. The summed E-state index contributed by atoms with van der Waals surface area (Å²) < 4.78 is 0. The molecule has 1 amide bonds. The molecule has 1 N–H and O–H groups in total. The van der Waals surface area contributed by atoms with E-state index in [4.69, 9.17) is 0 Å². The third kappa shape index (κ3) is 4.40. The van der Waals surface area contributed by atoms with E-state index in [0.717, 1.165) is 17.8 Å². The Bertz CT molecular complexity index is 520. The van der Waals surface area contributed by atoms with Crippen molar-refractivity contribution in [1.29, 1.82) is 0 Å². The van der Waals surface area contributed by atoms with Crippen molar-refractivity contribution in [3.05, 3.63) is 27.4 Å². The molecule has 0 aromatic carbocycles. The van der Waals surface area contributed by atoms with Gasteiger partial charge in [0.2, 0.25) is 11.0 Å². The van der Waals surface area contributed by atoms with E-state index >= 15 is 0 Å². The second kappa shape index (κ2) is 6.77. The van der Waals surface area contributed by atoms with Crippen molar-refractivity contribution in [3.63, 3.8) is 0 Å². The summed E-state index contributed by atoms with van der Waals surface area (Å²) in [4.78, 5) is 13.1. The summed E-state index contributed by atoms with van der Waals surface area (Å²) in [6.45, 7) is 4.13. The highest BCUT2D eigenvalue weighted by molar-refractivity contribution is 7.15. The normalized spacial score (nSPS) is 10.9. The summed E-state index contributed by atoms with van der Waals surface area (Å²) in [5.41, 5.74) is 0. The fourth-order valence-corrected chi connectivity index (χ4v) is 3.09. The van der Waals surface area contributed by atoms with Crippen LogP contribution in [0.3, 0.4) is 0 Å². The van der Waals surface area contributed by atoms with Gasteiger partial charge >= 0.3 is 0 Å². The molecule has 0 bridgehead atoms. The molecule has 19 heavy (non-hydrogen) atoms. The van der Waals surface area contributed by atoms with Gasteiger partial charge in [0.25, 0.3) is 0 Å². The van der Waals surface area contributed by atoms with Gasteiger partial charge in [0.1, 0.15) is 5.01 Å². The highest BCUT2D eigenvalue weighted by Crippen LogP contribution is 2.22. The van der Waals surface area contributed by atoms with Crippen molar-refractivity contribution >= 4 is 33.7 Å². The standard InChI is InChI=1S/C13H17N3OS2/c1-9(2)12-15-16-13(19-12)14-11(17)7-3-5-10-6-4-8-18-10/h4,6,8-9H,3,5,7H2,1-2H3,(H,14,16,17). The Morgan fingerprint density at radius 3 is 2.89 bits per heavy atom. The SMILES string of the molecule is CC(C)c1nnc(NC(=O)CCCc2cccs2)s1. The maximum Gasteiger partial charge on any atom is 0.226 e. The second-order valence-corrected chi connectivity index (χ2v) is 6.62. The van der Waals surface area contributed by atoms with E-state index in [1.807, 2.05) is 6.07 Å². The van der Waals surface area contributed by atoms with Crippen LogP contribution < -0.4 is 5.32 Å². The Labute approximate surface area is 120 Å². The molecule has 0 aliphatic heterocycles. The summed E-state index contributed by atoms with van der Waals surface area (Å²) in [5, 5.41) is 14.4. The van der Waals surface area contributed by atoms with Crippen LogP contribution in [0.4, 0.5) is 5.13 Å². The lowest BCUT2D eigenvalue weighted by molar-refractivity contribution is -0.116. The zero-order valence-corrected chi connectivity index (χ0v) is 12.7. The first-order valence-corrected chi connectivity index (χ1v) is 8.00. The summed E-state index contributed by atoms with van der Waals surface area (Å²) in [5.74, 6) is 0.366.